The highest BCUT2D eigenvalue weighted by Crippen LogP contribution is 2.49. The largest absolute Gasteiger partial charge is 0.456 e. The molecule has 0 N–H and O–H groups in total. The van der Waals surface area contributed by atoms with E-state index in [1.54, 1.807) is 0 Å². The van der Waals surface area contributed by atoms with Gasteiger partial charge in [-0.2, -0.15) is 0 Å². The number of anilines is 3. The van der Waals surface area contributed by atoms with E-state index in [1.165, 1.54) is 32.6 Å². The molecule has 0 bridgehead atoms. The fourth-order valence-corrected chi connectivity index (χ4v) is 7.03. The third kappa shape index (κ3) is 3.16. The number of aromatic nitrogens is 3. The number of para-hydroxylation sites is 2. The number of nitrogens with zero attached hydrogens (tertiary/aromatic N) is 4. The van der Waals surface area contributed by atoms with Gasteiger partial charge in [-0.25, -0.2) is 9.97 Å². The molecule has 2 aliphatic heterocycles. The van der Waals surface area contributed by atoms with E-state index >= 15 is 0 Å². The molecule has 2 aromatic heterocycles. The molecule has 5 nitrogen and oxygen atoms in total. The average molecular weight is 553 g/mol. The van der Waals surface area contributed by atoms with Crippen molar-refractivity contribution in [2.24, 2.45) is 0 Å². The van der Waals surface area contributed by atoms with Gasteiger partial charge in [0.05, 0.1) is 33.3 Å². The molecule has 10 rings (SSSR count). The zero-order chi connectivity index (χ0) is 28.1. The van der Waals surface area contributed by atoms with Crippen LogP contribution in [-0.4, -0.2) is 14.5 Å². The van der Waals surface area contributed by atoms with Crippen LogP contribution in [0.5, 0.6) is 11.5 Å². The molecule has 43 heavy (non-hydrogen) atoms. The molecule has 0 saturated heterocycles. The van der Waals surface area contributed by atoms with Gasteiger partial charge in [-0.15, -0.1) is 0 Å². The second-order valence-electron chi connectivity index (χ2n) is 11.4. The first-order valence-corrected chi connectivity index (χ1v) is 14.7. The van der Waals surface area contributed by atoms with Crippen LogP contribution in [0, 0.1) is 0 Å². The molecule has 1 aliphatic carbocycles. The highest BCUT2D eigenvalue weighted by atomic mass is 16.5. The Morgan fingerprint density at radius 3 is 2.30 bits per heavy atom. The van der Waals surface area contributed by atoms with Gasteiger partial charge in [-0.05, 0) is 77.4 Å². The Balaban J connectivity index is 1.35. The lowest BCUT2D eigenvalue weighted by molar-refractivity contribution is 0.486. The lowest BCUT2D eigenvalue weighted by atomic mass is 9.97. The van der Waals surface area contributed by atoms with Gasteiger partial charge in [0.15, 0.2) is 0 Å². The maximum atomic E-state index is 6.30. The van der Waals surface area contributed by atoms with Gasteiger partial charge in [0.2, 0.25) is 5.95 Å². The van der Waals surface area contributed by atoms with Crippen LogP contribution in [0.15, 0.2) is 109 Å². The molecule has 3 aliphatic rings. The van der Waals surface area contributed by atoms with Crippen molar-refractivity contribution in [3.8, 4) is 39.6 Å². The Hall–Kier alpha value is -5.68. The first kappa shape index (κ1) is 22.9. The minimum Gasteiger partial charge on any atom is -0.456 e. The zero-order valence-electron chi connectivity index (χ0n) is 23.2. The molecule has 0 amide bonds. The molecule has 4 heterocycles. The monoisotopic (exact) mass is 552 g/mol. The lowest BCUT2D eigenvalue weighted by Gasteiger charge is -2.26. The summed E-state index contributed by atoms with van der Waals surface area (Å²) in [5.74, 6) is 3.27. The standard InChI is InChI=1S/C38H24N4O/c1-2-11-24-21-32-28(20-23(24)10-1)26-13-4-7-17-31(26)42(35-22-25-12-3-6-16-30(25)41(32)35)38-39-29-15-9-19-34-36(29)37(40-38)27-14-5-8-18-33(27)43-34/h1-2,4-5,7-22H,3,6H2. The summed E-state index contributed by atoms with van der Waals surface area (Å²) in [6, 6.07) is 38.4. The van der Waals surface area contributed by atoms with Gasteiger partial charge in [0.25, 0.3) is 0 Å². The van der Waals surface area contributed by atoms with Crippen LogP contribution >= 0.6 is 0 Å². The second-order valence-corrected chi connectivity index (χ2v) is 11.4. The third-order valence-corrected chi connectivity index (χ3v) is 8.92. The van der Waals surface area contributed by atoms with E-state index in [0.29, 0.717) is 5.95 Å². The topological polar surface area (TPSA) is 43.2 Å². The van der Waals surface area contributed by atoms with Crippen LogP contribution in [0.25, 0.3) is 61.9 Å². The Morgan fingerprint density at radius 1 is 0.605 bits per heavy atom. The van der Waals surface area contributed by atoms with E-state index in [4.69, 9.17) is 14.7 Å². The Bertz CT molecular complexity index is 2460. The maximum absolute atomic E-state index is 6.30. The van der Waals surface area contributed by atoms with Crippen LogP contribution < -0.4 is 20.2 Å². The molecule has 0 spiro atoms. The van der Waals surface area contributed by atoms with E-state index < -0.39 is 0 Å². The highest BCUT2D eigenvalue weighted by Gasteiger charge is 2.31. The number of fused-ring (bicyclic) bond motifs is 10. The SMILES string of the molecule is C1=c2cc3n(c2=CCC1)-c1cc2ccccc2cc1-c1ccccc1N3c1nc2c3c(cccc3n1)Oc1ccccc1-2. The summed E-state index contributed by atoms with van der Waals surface area (Å²) in [7, 11) is 0. The van der Waals surface area contributed by atoms with Gasteiger partial charge in [-0.1, -0.05) is 72.8 Å². The number of rotatable bonds is 1. The normalized spacial score (nSPS) is 13.9. The predicted octanol–water partition coefficient (Wildman–Crippen LogP) is 8.15. The first-order valence-electron chi connectivity index (χ1n) is 14.7. The molecule has 0 unspecified atom stereocenters. The van der Waals surface area contributed by atoms with Crippen molar-refractivity contribution in [3.05, 3.63) is 120 Å². The van der Waals surface area contributed by atoms with E-state index in [-0.39, 0.29) is 0 Å². The average Bonchev–Trinajstić information content (AvgIpc) is 3.38. The van der Waals surface area contributed by atoms with Gasteiger partial charge in [-0.3, -0.25) is 9.47 Å². The summed E-state index contributed by atoms with van der Waals surface area (Å²) in [5, 5.41) is 5.85. The molecule has 7 aromatic rings. The zero-order valence-corrected chi connectivity index (χ0v) is 23.2. The molecular weight excluding hydrogens is 528 g/mol. The third-order valence-electron chi connectivity index (χ3n) is 8.92. The Kier molecular flexibility index (Phi) is 4.50. The van der Waals surface area contributed by atoms with Crippen LogP contribution in [0.3, 0.4) is 0 Å². The van der Waals surface area contributed by atoms with E-state index in [1.807, 2.05) is 30.3 Å². The second kappa shape index (κ2) is 8.43. The van der Waals surface area contributed by atoms with Crippen molar-refractivity contribution in [1.82, 2.24) is 14.5 Å². The van der Waals surface area contributed by atoms with Gasteiger partial charge < -0.3 is 4.74 Å². The molecule has 0 atom stereocenters. The van der Waals surface area contributed by atoms with Gasteiger partial charge >= 0.3 is 0 Å². The van der Waals surface area contributed by atoms with Crippen molar-refractivity contribution in [2.45, 2.75) is 12.8 Å². The molecule has 0 fully saturated rings. The molecule has 5 aromatic carbocycles. The van der Waals surface area contributed by atoms with Crippen molar-refractivity contribution in [1.29, 1.82) is 0 Å². The quantitative estimate of drug-likeness (QED) is 0.206. The van der Waals surface area contributed by atoms with Crippen LogP contribution in [0.4, 0.5) is 17.5 Å². The highest BCUT2D eigenvalue weighted by molar-refractivity contribution is 6.03. The summed E-state index contributed by atoms with van der Waals surface area (Å²) in [6.45, 7) is 0. The molecule has 0 radical (unpaired) electrons. The van der Waals surface area contributed by atoms with Crippen LogP contribution in [0.1, 0.15) is 12.8 Å². The number of hydrogen-bond donors (Lipinski definition) is 0. The fraction of sp³-hybridized carbons (Fsp3) is 0.0526. The summed E-state index contributed by atoms with van der Waals surface area (Å²) in [4.78, 5) is 12.9. The molecule has 0 saturated carbocycles. The van der Waals surface area contributed by atoms with Crippen molar-refractivity contribution < 1.29 is 4.74 Å². The summed E-state index contributed by atoms with van der Waals surface area (Å²) in [5.41, 5.74) is 7.29. The number of hydrogen-bond acceptors (Lipinski definition) is 4. The molecule has 202 valence electrons. The summed E-state index contributed by atoms with van der Waals surface area (Å²) >= 11 is 0. The van der Waals surface area contributed by atoms with E-state index in [9.17, 15) is 0 Å². The lowest BCUT2D eigenvalue weighted by Crippen LogP contribution is -2.30. The fourth-order valence-electron chi connectivity index (χ4n) is 7.03. The van der Waals surface area contributed by atoms with E-state index in [0.717, 1.165) is 63.6 Å². The minimum atomic E-state index is 0.636. The van der Waals surface area contributed by atoms with Crippen molar-refractivity contribution >= 4 is 51.3 Å². The minimum absolute atomic E-state index is 0.636. The Labute approximate surface area is 247 Å². The molecular formula is C38H24N4O. The summed E-state index contributed by atoms with van der Waals surface area (Å²) < 4.78 is 8.71. The summed E-state index contributed by atoms with van der Waals surface area (Å²) in [6.07, 6.45) is 6.78. The van der Waals surface area contributed by atoms with Crippen molar-refractivity contribution in [2.75, 3.05) is 4.90 Å². The molecule has 5 heteroatoms. The first-order chi connectivity index (χ1) is 21.3. The van der Waals surface area contributed by atoms with Crippen LogP contribution in [-0.2, 0) is 0 Å². The van der Waals surface area contributed by atoms with Gasteiger partial charge in [0.1, 0.15) is 17.3 Å². The maximum Gasteiger partial charge on any atom is 0.236 e. The number of benzene rings is 5. The smallest absolute Gasteiger partial charge is 0.236 e. The Morgan fingerprint density at radius 2 is 1.37 bits per heavy atom. The van der Waals surface area contributed by atoms with E-state index in [2.05, 4.69) is 100 Å². The predicted molar refractivity (Wildman–Crippen MR) is 173 cm³/mol. The number of ether oxygens (including phenoxy) is 1. The van der Waals surface area contributed by atoms with Gasteiger partial charge in [0, 0.05) is 16.7 Å². The van der Waals surface area contributed by atoms with Crippen molar-refractivity contribution in [3.63, 3.8) is 0 Å². The van der Waals surface area contributed by atoms with Crippen LogP contribution in [0.2, 0.25) is 0 Å².